The van der Waals surface area contributed by atoms with Crippen LogP contribution in [0.4, 0.5) is 5.69 Å². The molecule has 2 aliphatic rings. The van der Waals surface area contributed by atoms with Crippen molar-refractivity contribution in [2.75, 3.05) is 51.3 Å². The minimum atomic E-state index is -3.53. The lowest BCUT2D eigenvalue weighted by molar-refractivity contribution is 0.0737. The van der Waals surface area contributed by atoms with Crippen LogP contribution in [0.1, 0.15) is 23.3 Å². The number of benzene rings is 1. The lowest BCUT2D eigenvalue weighted by Gasteiger charge is -2.36. The summed E-state index contributed by atoms with van der Waals surface area (Å²) >= 11 is 0. The number of anilines is 1. The summed E-state index contributed by atoms with van der Waals surface area (Å²) in [4.78, 5) is 17.3. The Hall–Kier alpha value is -2.52. The largest absolute Gasteiger partial charge is 0.497 e. The van der Waals surface area contributed by atoms with Gasteiger partial charge in [0.15, 0.2) is 0 Å². The van der Waals surface area contributed by atoms with E-state index in [4.69, 9.17) is 4.74 Å². The number of hydrogen-bond donors (Lipinski definition) is 0. The van der Waals surface area contributed by atoms with Crippen molar-refractivity contribution in [1.29, 1.82) is 0 Å². The molecule has 0 radical (unpaired) electrons. The zero-order valence-corrected chi connectivity index (χ0v) is 18.3. The van der Waals surface area contributed by atoms with E-state index in [2.05, 4.69) is 4.90 Å². The highest BCUT2D eigenvalue weighted by molar-refractivity contribution is 7.89. The number of aryl methyl sites for hydroxylation is 1. The summed E-state index contributed by atoms with van der Waals surface area (Å²) in [6.07, 6.45) is 3.32. The van der Waals surface area contributed by atoms with Gasteiger partial charge in [0.2, 0.25) is 10.0 Å². The maximum atomic E-state index is 13.1. The van der Waals surface area contributed by atoms with Gasteiger partial charge in [-0.3, -0.25) is 4.79 Å². The lowest BCUT2D eigenvalue weighted by Crippen LogP contribution is -2.49. The molecule has 2 aromatic rings. The van der Waals surface area contributed by atoms with E-state index >= 15 is 0 Å². The first kappa shape index (κ1) is 20.7. The van der Waals surface area contributed by atoms with Gasteiger partial charge in [0.25, 0.3) is 5.91 Å². The topological polar surface area (TPSA) is 75.1 Å². The minimum absolute atomic E-state index is 0.130. The van der Waals surface area contributed by atoms with Crippen LogP contribution < -0.4 is 9.64 Å². The Morgan fingerprint density at radius 1 is 0.967 bits per heavy atom. The Labute approximate surface area is 177 Å². The molecule has 9 heteroatoms. The van der Waals surface area contributed by atoms with E-state index in [-0.39, 0.29) is 10.8 Å². The number of nitrogens with zero attached hydrogens (tertiary/aromatic N) is 4. The summed E-state index contributed by atoms with van der Waals surface area (Å²) in [5.74, 6) is 0.686. The van der Waals surface area contributed by atoms with Crippen LogP contribution in [-0.4, -0.2) is 74.5 Å². The molecule has 2 saturated heterocycles. The van der Waals surface area contributed by atoms with Crippen molar-refractivity contribution in [3.8, 4) is 5.75 Å². The fraction of sp³-hybridized carbons (Fsp3) is 0.476. The second-order valence-electron chi connectivity index (χ2n) is 7.76. The lowest BCUT2D eigenvalue weighted by atomic mass is 10.2. The fourth-order valence-electron chi connectivity index (χ4n) is 4.09. The molecule has 1 aromatic heterocycles. The van der Waals surface area contributed by atoms with Crippen LogP contribution in [0.2, 0.25) is 0 Å². The number of carbonyl (C=O) groups excluding carboxylic acids is 1. The van der Waals surface area contributed by atoms with Gasteiger partial charge in [0.05, 0.1) is 7.11 Å². The molecule has 0 saturated carbocycles. The number of sulfonamides is 1. The zero-order valence-electron chi connectivity index (χ0n) is 17.5. The molecule has 1 amide bonds. The molecule has 0 bridgehead atoms. The molecule has 0 N–H and O–H groups in total. The van der Waals surface area contributed by atoms with Crippen molar-refractivity contribution in [1.82, 2.24) is 13.8 Å². The second kappa shape index (κ2) is 8.31. The average molecular weight is 433 g/mol. The van der Waals surface area contributed by atoms with Crippen LogP contribution in [0.3, 0.4) is 0 Å². The second-order valence-corrected chi connectivity index (χ2v) is 9.70. The third-order valence-electron chi connectivity index (χ3n) is 5.91. The predicted molar refractivity (Wildman–Crippen MR) is 115 cm³/mol. The van der Waals surface area contributed by atoms with Crippen molar-refractivity contribution in [3.05, 3.63) is 42.2 Å². The van der Waals surface area contributed by atoms with E-state index in [0.717, 1.165) is 37.4 Å². The summed E-state index contributed by atoms with van der Waals surface area (Å²) in [7, 11) is -0.162. The van der Waals surface area contributed by atoms with Gasteiger partial charge in [-0.05, 0) is 43.2 Å². The molecule has 0 spiro atoms. The highest BCUT2D eigenvalue weighted by Gasteiger charge is 2.31. The molecule has 0 atom stereocenters. The molecule has 2 fully saturated rings. The van der Waals surface area contributed by atoms with E-state index < -0.39 is 10.0 Å². The van der Waals surface area contributed by atoms with Crippen molar-refractivity contribution in [3.63, 3.8) is 0 Å². The van der Waals surface area contributed by atoms with Crippen LogP contribution in [0, 0.1) is 0 Å². The number of carbonyl (C=O) groups is 1. The monoisotopic (exact) mass is 432 g/mol. The van der Waals surface area contributed by atoms with Crippen LogP contribution in [-0.2, 0) is 17.1 Å². The summed E-state index contributed by atoms with van der Waals surface area (Å²) in [5.41, 5.74) is 1.51. The first-order valence-electron chi connectivity index (χ1n) is 10.2. The summed E-state index contributed by atoms with van der Waals surface area (Å²) in [6, 6.07) is 9.41. The summed E-state index contributed by atoms with van der Waals surface area (Å²) in [6.45, 7) is 3.72. The number of methoxy groups -OCH3 is 1. The van der Waals surface area contributed by atoms with Crippen LogP contribution in [0.5, 0.6) is 5.75 Å². The minimum Gasteiger partial charge on any atom is -0.497 e. The Morgan fingerprint density at radius 2 is 1.60 bits per heavy atom. The third-order valence-corrected chi connectivity index (χ3v) is 7.77. The smallest absolute Gasteiger partial charge is 0.270 e. The van der Waals surface area contributed by atoms with Gasteiger partial charge in [0, 0.05) is 58.2 Å². The fourth-order valence-corrected chi connectivity index (χ4v) is 5.68. The Kier molecular flexibility index (Phi) is 5.75. The SMILES string of the molecule is COc1ccc(N2CCN(C(=O)c3cc(S(=O)(=O)N4CCCC4)cn3C)CC2)cc1. The molecule has 0 aliphatic carbocycles. The van der Waals surface area contributed by atoms with Gasteiger partial charge in [-0.2, -0.15) is 4.31 Å². The van der Waals surface area contributed by atoms with Gasteiger partial charge < -0.3 is 19.1 Å². The van der Waals surface area contributed by atoms with Crippen molar-refractivity contribution < 1.29 is 17.9 Å². The van der Waals surface area contributed by atoms with Gasteiger partial charge in [-0.25, -0.2) is 8.42 Å². The maximum absolute atomic E-state index is 13.1. The maximum Gasteiger partial charge on any atom is 0.270 e. The van der Waals surface area contributed by atoms with Gasteiger partial charge >= 0.3 is 0 Å². The van der Waals surface area contributed by atoms with E-state index in [1.165, 1.54) is 10.4 Å². The standard InChI is InChI=1S/C21H28N4O4S/c1-22-16-19(30(27,28)25-9-3-4-10-25)15-20(22)21(26)24-13-11-23(12-14-24)17-5-7-18(29-2)8-6-17/h5-8,15-16H,3-4,9-14H2,1-2H3. The van der Waals surface area contributed by atoms with Gasteiger partial charge in [-0.1, -0.05) is 0 Å². The molecule has 4 rings (SSSR count). The molecule has 0 unspecified atom stereocenters. The number of piperazine rings is 1. The van der Waals surface area contributed by atoms with Gasteiger partial charge in [-0.15, -0.1) is 0 Å². The highest BCUT2D eigenvalue weighted by Crippen LogP contribution is 2.24. The molecule has 30 heavy (non-hydrogen) atoms. The predicted octanol–water partition coefficient (Wildman–Crippen LogP) is 1.78. The van der Waals surface area contributed by atoms with E-state index in [1.54, 1.807) is 29.8 Å². The van der Waals surface area contributed by atoms with E-state index in [1.807, 2.05) is 24.3 Å². The van der Waals surface area contributed by atoms with Crippen molar-refractivity contribution >= 4 is 21.6 Å². The number of amides is 1. The average Bonchev–Trinajstić information content (AvgIpc) is 3.44. The Balaban J connectivity index is 1.43. The van der Waals surface area contributed by atoms with E-state index in [0.29, 0.717) is 31.9 Å². The first-order chi connectivity index (χ1) is 14.4. The van der Waals surface area contributed by atoms with Crippen molar-refractivity contribution in [2.24, 2.45) is 7.05 Å². The van der Waals surface area contributed by atoms with Crippen LogP contribution >= 0.6 is 0 Å². The normalized spacial score (nSPS) is 18.1. The Morgan fingerprint density at radius 3 is 2.20 bits per heavy atom. The number of ether oxygens (including phenoxy) is 1. The van der Waals surface area contributed by atoms with Crippen molar-refractivity contribution in [2.45, 2.75) is 17.7 Å². The molecule has 1 aromatic carbocycles. The number of hydrogen-bond acceptors (Lipinski definition) is 5. The highest BCUT2D eigenvalue weighted by atomic mass is 32.2. The Bertz CT molecular complexity index is 1000. The third kappa shape index (κ3) is 3.91. The molecule has 3 heterocycles. The molecular formula is C21H28N4O4S. The van der Waals surface area contributed by atoms with Gasteiger partial charge in [0.1, 0.15) is 16.3 Å². The molecule has 2 aliphatic heterocycles. The molecule has 162 valence electrons. The van der Waals surface area contributed by atoms with Crippen LogP contribution in [0.15, 0.2) is 41.4 Å². The molecular weight excluding hydrogens is 404 g/mol. The van der Waals surface area contributed by atoms with E-state index in [9.17, 15) is 13.2 Å². The number of aromatic nitrogens is 1. The molecule has 8 nitrogen and oxygen atoms in total. The number of rotatable bonds is 5. The summed E-state index contributed by atoms with van der Waals surface area (Å²) < 4.78 is 34.0. The summed E-state index contributed by atoms with van der Waals surface area (Å²) in [5, 5.41) is 0. The zero-order chi connectivity index (χ0) is 21.3. The quantitative estimate of drug-likeness (QED) is 0.720. The van der Waals surface area contributed by atoms with Crippen LogP contribution in [0.25, 0.3) is 0 Å². The first-order valence-corrected chi connectivity index (χ1v) is 11.7.